The lowest BCUT2D eigenvalue weighted by Gasteiger charge is -2.14. The number of nitrogens with one attached hydrogen (secondary N) is 1. The molecule has 24 heavy (non-hydrogen) atoms. The maximum atomic E-state index is 12.3. The van der Waals surface area contributed by atoms with Crippen molar-refractivity contribution in [1.29, 1.82) is 5.26 Å². The summed E-state index contributed by atoms with van der Waals surface area (Å²) in [4.78, 5) is 14.2. The standard InChI is InChI=1S/C18H15BrClN3O/c1-23(2)17-8-7-12(10-14(17)19)9-13(11-21)18(24)22-16-6-4-3-5-15(16)20/h3-10H,1-2H3,(H,22,24)/b13-9+. The number of hydrogen-bond acceptors (Lipinski definition) is 3. The lowest BCUT2D eigenvalue weighted by molar-refractivity contribution is -0.112. The SMILES string of the molecule is CN(C)c1ccc(/C=C(\C#N)C(=O)Nc2ccccc2Cl)cc1Br. The number of nitriles is 1. The summed E-state index contributed by atoms with van der Waals surface area (Å²) in [6.45, 7) is 0. The molecular weight excluding hydrogens is 390 g/mol. The summed E-state index contributed by atoms with van der Waals surface area (Å²) in [7, 11) is 3.88. The first kappa shape index (κ1) is 18.1. The highest BCUT2D eigenvalue weighted by Gasteiger charge is 2.12. The van der Waals surface area contributed by atoms with Crippen LogP contribution in [0.1, 0.15) is 5.56 Å². The largest absolute Gasteiger partial charge is 0.377 e. The molecule has 0 saturated heterocycles. The van der Waals surface area contributed by atoms with Gasteiger partial charge in [0.05, 0.1) is 16.4 Å². The van der Waals surface area contributed by atoms with Crippen LogP contribution in [0.2, 0.25) is 5.02 Å². The van der Waals surface area contributed by atoms with Gasteiger partial charge in [-0.1, -0.05) is 29.8 Å². The van der Waals surface area contributed by atoms with Crippen molar-refractivity contribution in [2.75, 3.05) is 24.3 Å². The molecule has 0 atom stereocenters. The second kappa shape index (κ2) is 8.00. The number of hydrogen-bond donors (Lipinski definition) is 1. The summed E-state index contributed by atoms with van der Waals surface area (Å²) in [6.07, 6.45) is 1.54. The number of carbonyl (C=O) groups is 1. The molecule has 1 amide bonds. The quantitative estimate of drug-likeness (QED) is 0.593. The number of rotatable bonds is 4. The van der Waals surface area contributed by atoms with E-state index in [1.165, 1.54) is 6.08 Å². The van der Waals surface area contributed by atoms with Crippen molar-refractivity contribution >= 4 is 50.9 Å². The minimum Gasteiger partial charge on any atom is -0.377 e. The maximum Gasteiger partial charge on any atom is 0.266 e. The molecule has 122 valence electrons. The Bertz CT molecular complexity index is 840. The van der Waals surface area contributed by atoms with Crippen molar-refractivity contribution in [3.63, 3.8) is 0 Å². The number of para-hydroxylation sites is 1. The number of nitrogens with zero attached hydrogens (tertiary/aromatic N) is 2. The molecule has 0 radical (unpaired) electrons. The van der Waals surface area contributed by atoms with Gasteiger partial charge in [0.15, 0.2) is 0 Å². The van der Waals surface area contributed by atoms with E-state index in [-0.39, 0.29) is 5.57 Å². The second-order valence-electron chi connectivity index (χ2n) is 5.21. The first-order valence-electron chi connectivity index (χ1n) is 7.07. The van der Waals surface area contributed by atoms with E-state index < -0.39 is 5.91 Å². The van der Waals surface area contributed by atoms with Crippen molar-refractivity contribution in [1.82, 2.24) is 0 Å². The summed E-state index contributed by atoms with van der Waals surface area (Å²) >= 11 is 9.50. The van der Waals surface area contributed by atoms with E-state index in [0.29, 0.717) is 10.7 Å². The molecule has 1 N–H and O–H groups in total. The summed E-state index contributed by atoms with van der Waals surface area (Å²) in [5.41, 5.74) is 2.22. The van der Waals surface area contributed by atoms with Crippen molar-refractivity contribution < 1.29 is 4.79 Å². The normalized spacial score (nSPS) is 10.9. The van der Waals surface area contributed by atoms with Gasteiger partial charge in [0, 0.05) is 18.6 Å². The Morgan fingerprint density at radius 1 is 1.29 bits per heavy atom. The first-order valence-corrected chi connectivity index (χ1v) is 8.24. The van der Waals surface area contributed by atoms with Crippen LogP contribution in [0.3, 0.4) is 0 Å². The Labute approximate surface area is 154 Å². The summed E-state index contributed by atoms with van der Waals surface area (Å²) in [6, 6.07) is 14.4. The zero-order chi connectivity index (χ0) is 17.7. The number of halogens is 2. The fraction of sp³-hybridized carbons (Fsp3) is 0.111. The molecule has 0 unspecified atom stereocenters. The highest BCUT2D eigenvalue weighted by Crippen LogP contribution is 2.27. The van der Waals surface area contributed by atoms with Gasteiger partial charge in [-0.3, -0.25) is 4.79 Å². The zero-order valence-electron chi connectivity index (χ0n) is 13.2. The molecule has 4 nitrogen and oxygen atoms in total. The summed E-state index contributed by atoms with van der Waals surface area (Å²) in [5, 5.41) is 12.3. The second-order valence-corrected chi connectivity index (χ2v) is 6.47. The van der Waals surface area contributed by atoms with Gasteiger partial charge in [-0.25, -0.2) is 0 Å². The summed E-state index contributed by atoms with van der Waals surface area (Å²) < 4.78 is 0.880. The van der Waals surface area contributed by atoms with Gasteiger partial charge >= 0.3 is 0 Å². The van der Waals surface area contributed by atoms with Gasteiger partial charge < -0.3 is 10.2 Å². The van der Waals surface area contributed by atoms with Crippen molar-refractivity contribution in [2.45, 2.75) is 0 Å². The highest BCUT2D eigenvalue weighted by atomic mass is 79.9. The van der Waals surface area contributed by atoms with Crippen LogP contribution in [-0.4, -0.2) is 20.0 Å². The van der Waals surface area contributed by atoms with Crippen LogP contribution in [0.15, 0.2) is 52.5 Å². The van der Waals surface area contributed by atoms with Crippen molar-refractivity contribution in [3.05, 3.63) is 63.1 Å². The fourth-order valence-corrected chi connectivity index (χ4v) is 2.98. The third kappa shape index (κ3) is 4.38. The molecule has 2 aromatic rings. The van der Waals surface area contributed by atoms with Crippen LogP contribution in [-0.2, 0) is 4.79 Å². The first-order chi connectivity index (χ1) is 11.4. The van der Waals surface area contributed by atoms with Gasteiger partial charge in [0.25, 0.3) is 5.91 Å². The predicted octanol–water partition coefficient (Wildman–Crippen LogP) is 4.71. The van der Waals surface area contributed by atoms with Crippen LogP contribution in [0, 0.1) is 11.3 Å². The minimum atomic E-state index is -0.501. The van der Waals surface area contributed by atoms with Crippen LogP contribution in [0.5, 0.6) is 0 Å². The lowest BCUT2D eigenvalue weighted by Crippen LogP contribution is -2.13. The Balaban J connectivity index is 2.26. The van der Waals surface area contributed by atoms with Gasteiger partial charge in [0.1, 0.15) is 11.6 Å². The molecule has 0 spiro atoms. The Kier molecular flexibility index (Phi) is 6.02. The summed E-state index contributed by atoms with van der Waals surface area (Å²) in [5.74, 6) is -0.501. The van der Waals surface area contributed by atoms with Crippen LogP contribution in [0.25, 0.3) is 6.08 Å². The van der Waals surface area contributed by atoms with E-state index in [1.807, 2.05) is 43.3 Å². The predicted molar refractivity (Wildman–Crippen MR) is 102 cm³/mol. The van der Waals surface area contributed by atoms with E-state index in [9.17, 15) is 10.1 Å². The fourth-order valence-electron chi connectivity index (χ4n) is 2.04. The van der Waals surface area contributed by atoms with Crippen molar-refractivity contribution in [2.24, 2.45) is 0 Å². The number of anilines is 2. The molecule has 2 aromatic carbocycles. The van der Waals surface area contributed by atoms with E-state index in [1.54, 1.807) is 24.3 Å². The van der Waals surface area contributed by atoms with Gasteiger partial charge in [-0.05, 0) is 51.8 Å². The van der Waals surface area contributed by atoms with Gasteiger partial charge in [-0.15, -0.1) is 0 Å². The molecule has 0 aromatic heterocycles. The molecule has 0 fully saturated rings. The third-order valence-electron chi connectivity index (χ3n) is 3.25. The molecule has 0 bridgehead atoms. The smallest absolute Gasteiger partial charge is 0.266 e. The monoisotopic (exact) mass is 403 g/mol. The topological polar surface area (TPSA) is 56.1 Å². The number of carbonyl (C=O) groups excluding carboxylic acids is 1. The maximum absolute atomic E-state index is 12.3. The average molecular weight is 405 g/mol. The molecule has 2 rings (SSSR count). The van der Waals surface area contributed by atoms with Gasteiger partial charge in [0.2, 0.25) is 0 Å². The number of benzene rings is 2. The third-order valence-corrected chi connectivity index (χ3v) is 4.22. The van der Waals surface area contributed by atoms with Crippen LogP contribution in [0.4, 0.5) is 11.4 Å². The lowest BCUT2D eigenvalue weighted by atomic mass is 10.1. The van der Waals surface area contributed by atoms with Crippen LogP contribution < -0.4 is 10.2 Å². The average Bonchev–Trinajstić information content (AvgIpc) is 2.54. The Hall–Kier alpha value is -2.29. The minimum absolute atomic E-state index is 0.000534. The Morgan fingerprint density at radius 3 is 2.58 bits per heavy atom. The molecule has 6 heteroatoms. The van der Waals surface area contributed by atoms with Gasteiger partial charge in [-0.2, -0.15) is 5.26 Å². The van der Waals surface area contributed by atoms with E-state index >= 15 is 0 Å². The van der Waals surface area contributed by atoms with E-state index in [4.69, 9.17) is 11.6 Å². The molecule has 0 aliphatic carbocycles. The molecule has 0 aliphatic heterocycles. The van der Waals surface area contributed by atoms with Crippen molar-refractivity contribution in [3.8, 4) is 6.07 Å². The Morgan fingerprint density at radius 2 is 2.00 bits per heavy atom. The molecule has 0 heterocycles. The highest BCUT2D eigenvalue weighted by molar-refractivity contribution is 9.10. The van der Waals surface area contributed by atoms with Crippen LogP contribution >= 0.6 is 27.5 Å². The molecule has 0 aliphatic rings. The van der Waals surface area contributed by atoms with E-state index in [2.05, 4.69) is 21.2 Å². The molecular formula is C18H15BrClN3O. The zero-order valence-corrected chi connectivity index (χ0v) is 15.5. The molecule has 0 saturated carbocycles. The number of amides is 1. The van der Waals surface area contributed by atoms with E-state index in [0.717, 1.165) is 15.7 Å².